The van der Waals surface area contributed by atoms with E-state index in [4.69, 9.17) is 9.47 Å². The van der Waals surface area contributed by atoms with Crippen LogP contribution in [0.4, 0.5) is 5.69 Å². The third-order valence-corrected chi connectivity index (χ3v) is 6.82. The number of nitrogens with zero attached hydrogens (tertiary/aromatic N) is 2. The van der Waals surface area contributed by atoms with Crippen LogP contribution in [-0.2, 0) is 26.2 Å². The summed E-state index contributed by atoms with van der Waals surface area (Å²) in [6, 6.07) is 11.6. The van der Waals surface area contributed by atoms with Crippen molar-refractivity contribution in [3.63, 3.8) is 0 Å². The zero-order valence-electron chi connectivity index (χ0n) is 23.0. The number of carbonyl (C=O) groups is 2. The number of hydrogen-bond acceptors (Lipinski definition) is 6. The van der Waals surface area contributed by atoms with Crippen LogP contribution >= 0.6 is 0 Å². The molecule has 37 heavy (non-hydrogen) atoms. The van der Waals surface area contributed by atoms with Crippen LogP contribution in [0.25, 0.3) is 0 Å². The average molecular weight is 534 g/mol. The third kappa shape index (κ3) is 8.38. The molecule has 0 saturated heterocycles. The third-order valence-electron chi connectivity index (χ3n) is 5.69. The van der Waals surface area contributed by atoms with Gasteiger partial charge in [-0.25, -0.2) is 8.42 Å². The first-order chi connectivity index (χ1) is 17.2. The molecule has 0 heterocycles. The van der Waals surface area contributed by atoms with E-state index in [0.717, 1.165) is 21.7 Å². The fraction of sp³-hybridized carbons (Fsp3) is 0.481. The fourth-order valence-electron chi connectivity index (χ4n) is 3.85. The molecule has 1 N–H and O–H groups in total. The summed E-state index contributed by atoms with van der Waals surface area (Å²) in [5, 5.41) is 2.95. The number of amides is 2. The second-order valence-electron chi connectivity index (χ2n) is 9.98. The lowest BCUT2D eigenvalue weighted by atomic mass is 10.1. The summed E-state index contributed by atoms with van der Waals surface area (Å²) < 4.78 is 37.4. The van der Waals surface area contributed by atoms with E-state index < -0.39 is 34.1 Å². The van der Waals surface area contributed by atoms with Crippen molar-refractivity contribution in [3.8, 4) is 11.5 Å². The molecule has 2 aromatic rings. The minimum atomic E-state index is -3.91. The second kappa shape index (κ2) is 12.3. The number of benzene rings is 2. The predicted octanol–water partition coefficient (Wildman–Crippen LogP) is 3.50. The number of carbonyl (C=O) groups excluding carboxylic acids is 2. The molecule has 204 valence electrons. The Bertz CT molecular complexity index is 1190. The maximum atomic E-state index is 13.8. The van der Waals surface area contributed by atoms with E-state index in [0.29, 0.717) is 12.2 Å². The molecular weight excluding hydrogens is 494 g/mol. The number of aryl methyl sites for hydroxylation is 1. The van der Waals surface area contributed by atoms with Crippen molar-refractivity contribution < 1.29 is 27.5 Å². The summed E-state index contributed by atoms with van der Waals surface area (Å²) >= 11 is 0. The lowest BCUT2D eigenvalue weighted by Crippen LogP contribution is -2.55. The van der Waals surface area contributed by atoms with Crippen LogP contribution in [0.1, 0.15) is 45.2 Å². The maximum Gasteiger partial charge on any atom is 0.244 e. The maximum absolute atomic E-state index is 13.8. The molecule has 2 rings (SSSR count). The van der Waals surface area contributed by atoms with Gasteiger partial charge < -0.3 is 19.7 Å². The number of ether oxygens (including phenoxy) is 2. The smallest absolute Gasteiger partial charge is 0.244 e. The SMILES string of the molecule is CCC(C(=O)NC(C)(C)C)N(Cc1ccc(C)cc1)C(=O)CN(c1cc(OC)ccc1OC)S(C)(=O)=O. The second-order valence-corrected chi connectivity index (χ2v) is 11.9. The first kappa shape index (κ1) is 30.0. The first-order valence-electron chi connectivity index (χ1n) is 12.1. The Morgan fingerprint density at radius 3 is 2.14 bits per heavy atom. The van der Waals surface area contributed by atoms with Gasteiger partial charge in [0.15, 0.2) is 0 Å². The largest absolute Gasteiger partial charge is 0.497 e. The number of methoxy groups -OCH3 is 2. The molecular formula is C27H39N3O6S. The molecule has 1 atom stereocenters. The Balaban J connectivity index is 2.54. The molecule has 0 spiro atoms. The van der Waals surface area contributed by atoms with Crippen molar-refractivity contribution in [2.45, 2.75) is 59.2 Å². The van der Waals surface area contributed by atoms with Crippen molar-refractivity contribution in [1.82, 2.24) is 10.2 Å². The van der Waals surface area contributed by atoms with Gasteiger partial charge in [0.2, 0.25) is 21.8 Å². The number of nitrogens with one attached hydrogen (secondary N) is 1. The Kier molecular flexibility index (Phi) is 9.97. The van der Waals surface area contributed by atoms with Gasteiger partial charge in [0.05, 0.1) is 26.2 Å². The molecule has 10 heteroatoms. The molecule has 2 amide bonds. The van der Waals surface area contributed by atoms with Crippen LogP contribution in [-0.4, -0.2) is 63.7 Å². The molecule has 0 saturated carbocycles. The molecule has 1 unspecified atom stereocenters. The van der Waals surface area contributed by atoms with Crippen molar-refractivity contribution in [2.75, 3.05) is 31.3 Å². The predicted molar refractivity (Wildman–Crippen MR) is 145 cm³/mol. The van der Waals surface area contributed by atoms with Gasteiger partial charge in [-0.05, 0) is 51.8 Å². The highest BCUT2D eigenvalue weighted by Gasteiger charge is 2.33. The Hall–Kier alpha value is -3.27. The summed E-state index contributed by atoms with van der Waals surface area (Å²) in [4.78, 5) is 28.5. The number of anilines is 1. The molecule has 0 fully saturated rings. The number of hydrogen-bond donors (Lipinski definition) is 1. The summed E-state index contributed by atoms with van der Waals surface area (Å²) in [6.45, 7) is 9.00. The van der Waals surface area contributed by atoms with Gasteiger partial charge in [0, 0.05) is 18.2 Å². The molecule has 0 aromatic heterocycles. The van der Waals surface area contributed by atoms with Crippen molar-refractivity contribution in [1.29, 1.82) is 0 Å². The summed E-state index contributed by atoms with van der Waals surface area (Å²) in [7, 11) is -1.03. The summed E-state index contributed by atoms with van der Waals surface area (Å²) in [6.07, 6.45) is 1.37. The van der Waals surface area contributed by atoms with Gasteiger partial charge in [-0.1, -0.05) is 36.8 Å². The highest BCUT2D eigenvalue weighted by Crippen LogP contribution is 2.34. The fourth-order valence-corrected chi connectivity index (χ4v) is 4.69. The zero-order chi connectivity index (χ0) is 28.0. The van der Waals surface area contributed by atoms with Crippen LogP contribution in [0, 0.1) is 6.92 Å². The van der Waals surface area contributed by atoms with Crippen molar-refractivity contribution in [3.05, 3.63) is 53.6 Å². The standard InChI is InChI=1S/C27H39N3O6S/c1-9-22(26(32)28-27(3,4)5)29(17-20-12-10-19(2)11-13-20)25(31)18-30(37(8,33)34)23-16-21(35-6)14-15-24(23)36-7/h10-16,22H,9,17-18H2,1-8H3,(H,28,32). The highest BCUT2D eigenvalue weighted by molar-refractivity contribution is 7.92. The zero-order valence-corrected chi connectivity index (χ0v) is 23.8. The first-order valence-corrected chi connectivity index (χ1v) is 13.9. The molecule has 0 aliphatic heterocycles. The lowest BCUT2D eigenvalue weighted by molar-refractivity contribution is -0.141. The molecule has 0 aliphatic carbocycles. The van der Waals surface area contributed by atoms with Crippen molar-refractivity contribution in [2.24, 2.45) is 0 Å². The van der Waals surface area contributed by atoms with E-state index >= 15 is 0 Å². The van der Waals surface area contributed by atoms with E-state index in [9.17, 15) is 18.0 Å². The van der Waals surface area contributed by atoms with Gasteiger partial charge in [-0.15, -0.1) is 0 Å². The molecule has 0 bridgehead atoms. The van der Waals surface area contributed by atoms with Crippen LogP contribution in [0.2, 0.25) is 0 Å². The Labute approximate surface area is 220 Å². The molecule has 9 nitrogen and oxygen atoms in total. The van der Waals surface area contributed by atoms with Gasteiger partial charge in [-0.3, -0.25) is 13.9 Å². The Morgan fingerprint density at radius 2 is 1.65 bits per heavy atom. The average Bonchev–Trinajstić information content (AvgIpc) is 2.81. The van der Waals surface area contributed by atoms with E-state index in [1.165, 1.54) is 25.2 Å². The molecule has 2 aromatic carbocycles. The topological polar surface area (TPSA) is 105 Å². The monoisotopic (exact) mass is 533 g/mol. The number of sulfonamides is 1. The minimum absolute atomic E-state index is 0.141. The quantitative estimate of drug-likeness (QED) is 0.474. The van der Waals surface area contributed by atoms with Crippen LogP contribution in [0.3, 0.4) is 0 Å². The van der Waals surface area contributed by atoms with Gasteiger partial charge in [0.25, 0.3) is 0 Å². The van der Waals surface area contributed by atoms with E-state index in [1.54, 1.807) is 12.1 Å². The summed E-state index contributed by atoms with van der Waals surface area (Å²) in [5.74, 6) is -0.155. The van der Waals surface area contributed by atoms with Gasteiger partial charge in [0.1, 0.15) is 24.1 Å². The number of rotatable bonds is 11. The van der Waals surface area contributed by atoms with E-state index in [2.05, 4.69) is 5.32 Å². The molecule has 0 aliphatic rings. The van der Waals surface area contributed by atoms with Gasteiger partial charge >= 0.3 is 0 Å². The van der Waals surface area contributed by atoms with E-state index in [-0.39, 0.29) is 23.9 Å². The van der Waals surface area contributed by atoms with Crippen LogP contribution in [0.15, 0.2) is 42.5 Å². The van der Waals surface area contributed by atoms with Crippen LogP contribution in [0.5, 0.6) is 11.5 Å². The van der Waals surface area contributed by atoms with Crippen LogP contribution < -0.4 is 19.1 Å². The highest BCUT2D eigenvalue weighted by atomic mass is 32.2. The van der Waals surface area contributed by atoms with Gasteiger partial charge in [-0.2, -0.15) is 0 Å². The van der Waals surface area contributed by atoms with E-state index in [1.807, 2.05) is 58.9 Å². The lowest BCUT2D eigenvalue weighted by Gasteiger charge is -2.34. The Morgan fingerprint density at radius 1 is 1.03 bits per heavy atom. The summed E-state index contributed by atoms with van der Waals surface area (Å²) in [5.41, 5.74) is 1.55. The minimum Gasteiger partial charge on any atom is -0.497 e. The normalized spacial score (nSPS) is 12.4. The molecule has 0 radical (unpaired) electrons. The van der Waals surface area contributed by atoms with Crippen molar-refractivity contribution >= 4 is 27.5 Å².